The van der Waals surface area contributed by atoms with Crippen LogP contribution in [0.1, 0.15) is 5.56 Å². The Labute approximate surface area is 177 Å². The number of rotatable bonds is 4. The van der Waals surface area contributed by atoms with Gasteiger partial charge in [0.05, 0.1) is 11.3 Å². The first-order chi connectivity index (χ1) is 13.9. The molecule has 3 nitrogen and oxygen atoms in total. The minimum Gasteiger partial charge on any atom is -0.250 e. The van der Waals surface area contributed by atoms with Gasteiger partial charge in [0, 0.05) is 22.7 Å². The fourth-order valence-electron chi connectivity index (χ4n) is 2.56. The van der Waals surface area contributed by atoms with Crippen LogP contribution in [0, 0.1) is 0 Å². The number of benzene rings is 1. The Morgan fingerprint density at radius 1 is 0.897 bits per heavy atom. The molecule has 3 aromatic heterocycles. The Kier molecular flexibility index (Phi) is 5.58. The molecule has 3 heterocycles. The normalized spacial score (nSPS) is 11.6. The summed E-state index contributed by atoms with van der Waals surface area (Å²) in [5.41, 5.74) is 0.922. The molecule has 0 spiro atoms. The lowest BCUT2D eigenvalue weighted by Crippen LogP contribution is -2.04. The Bertz CT molecular complexity index is 1150. The SMILES string of the molecule is FC(F)(F)c1cccc(-c2csc(-c3cc(Cl)nc(Sc4ccccn4)c3)n2)c1. The highest BCUT2D eigenvalue weighted by Gasteiger charge is 2.30. The van der Waals surface area contributed by atoms with Gasteiger partial charge in [-0.2, -0.15) is 13.2 Å². The van der Waals surface area contributed by atoms with E-state index in [0.717, 1.165) is 22.7 Å². The standard InChI is InChI=1S/C20H11ClF3N3S2/c21-16-9-13(10-18(27-16)29-17-6-1-2-7-25-17)19-26-15(11-28-19)12-4-3-5-14(8-12)20(22,23)24/h1-11H. The Morgan fingerprint density at radius 3 is 2.52 bits per heavy atom. The van der Waals surface area contributed by atoms with Crippen LogP contribution in [0.5, 0.6) is 0 Å². The van der Waals surface area contributed by atoms with Crippen molar-refractivity contribution < 1.29 is 13.2 Å². The highest BCUT2D eigenvalue weighted by atomic mass is 35.5. The lowest BCUT2D eigenvalue weighted by Gasteiger charge is -2.07. The number of halogens is 4. The number of nitrogens with zero attached hydrogens (tertiary/aromatic N) is 3. The fraction of sp³-hybridized carbons (Fsp3) is 0.0500. The van der Waals surface area contributed by atoms with Gasteiger partial charge in [-0.05, 0) is 36.4 Å². The van der Waals surface area contributed by atoms with Crippen LogP contribution in [-0.4, -0.2) is 15.0 Å². The third-order valence-electron chi connectivity index (χ3n) is 3.85. The zero-order valence-electron chi connectivity index (χ0n) is 14.5. The summed E-state index contributed by atoms with van der Waals surface area (Å²) in [6.45, 7) is 0. The molecule has 0 aliphatic rings. The van der Waals surface area contributed by atoms with Gasteiger partial charge in [0.1, 0.15) is 20.2 Å². The third-order valence-corrected chi connectivity index (χ3v) is 5.81. The number of aromatic nitrogens is 3. The Morgan fingerprint density at radius 2 is 1.76 bits per heavy atom. The van der Waals surface area contributed by atoms with Crippen molar-refractivity contribution in [2.45, 2.75) is 16.2 Å². The second kappa shape index (κ2) is 8.14. The first-order valence-electron chi connectivity index (χ1n) is 8.28. The lowest BCUT2D eigenvalue weighted by atomic mass is 10.1. The number of hydrogen-bond donors (Lipinski definition) is 0. The van der Waals surface area contributed by atoms with Crippen LogP contribution in [0.25, 0.3) is 21.8 Å². The van der Waals surface area contributed by atoms with Crippen molar-refractivity contribution in [1.82, 2.24) is 15.0 Å². The van der Waals surface area contributed by atoms with E-state index in [1.165, 1.54) is 29.2 Å². The Hall–Kier alpha value is -2.42. The highest BCUT2D eigenvalue weighted by Crippen LogP contribution is 2.35. The van der Waals surface area contributed by atoms with Gasteiger partial charge < -0.3 is 0 Å². The monoisotopic (exact) mass is 449 g/mol. The maximum absolute atomic E-state index is 13.0. The average Bonchev–Trinajstić information content (AvgIpc) is 3.18. The lowest BCUT2D eigenvalue weighted by molar-refractivity contribution is -0.137. The van der Waals surface area contributed by atoms with Gasteiger partial charge in [-0.3, -0.25) is 0 Å². The van der Waals surface area contributed by atoms with E-state index in [4.69, 9.17) is 11.6 Å². The number of pyridine rings is 2. The zero-order valence-corrected chi connectivity index (χ0v) is 16.9. The van der Waals surface area contributed by atoms with Crippen molar-refractivity contribution in [1.29, 1.82) is 0 Å². The summed E-state index contributed by atoms with van der Waals surface area (Å²) in [5, 5.41) is 4.10. The molecular formula is C20H11ClF3N3S2. The fourth-order valence-corrected chi connectivity index (χ4v) is 4.44. The summed E-state index contributed by atoms with van der Waals surface area (Å²) in [6.07, 6.45) is -2.71. The predicted octanol–water partition coefficient (Wildman–Crippen LogP) is 7.09. The molecule has 1 aromatic carbocycles. The molecule has 0 aliphatic carbocycles. The summed E-state index contributed by atoms with van der Waals surface area (Å²) in [7, 11) is 0. The van der Waals surface area contributed by atoms with Crippen molar-refractivity contribution in [2.24, 2.45) is 0 Å². The average molecular weight is 450 g/mol. The molecule has 0 saturated heterocycles. The van der Waals surface area contributed by atoms with Crippen molar-refractivity contribution in [3.63, 3.8) is 0 Å². The molecule has 0 saturated carbocycles. The van der Waals surface area contributed by atoms with Crippen molar-refractivity contribution in [3.05, 3.63) is 76.9 Å². The number of thiazole rings is 1. The van der Waals surface area contributed by atoms with Gasteiger partial charge in [-0.15, -0.1) is 11.3 Å². The molecular weight excluding hydrogens is 439 g/mol. The van der Waals surface area contributed by atoms with Crippen LogP contribution in [-0.2, 0) is 6.18 Å². The summed E-state index contributed by atoms with van der Waals surface area (Å²) in [6, 6.07) is 14.2. The molecule has 0 N–H and O–H groups in total. The highest BCUT2D eigenvalue weighted by molar-refractivity contribution is 7.99. The molecule has 29 heavy (non-hydrogen) atoms. The molecule has 0 radical (unpaired) electrons. The van der Waals surface area contributed by atoms with Crippen LogP contribution in [0.15, 0.2) is 76.2 Å². The maximum atomic E-state index is 13.0. The van der Waals surface area contributed by atoms with Gasteiger partial charge in [0.15, 0.2) is 0 Å². The predicted molar refractivity (Wildman–Crippen MR) is 109 cm³/mol. The van der Waals surface area contributed by atoms with Crippen molar-refractivity contribution >= 4 is 34.7 Å². The van der Waals surface area contributed by atoms with E-state index < -0.39 is 11.7 Å². The minimum absolute atomic E-state index is 0.303. The second-order valence-corrected chi connectivity index (χ2v) is 8.19. The molecule has 0 atom stereocenters. The smallest absolute Gasteiger partial charge is 0.250 e. The van der Waals surface area contributed by atoms with Crippen molar-refractivity contribution in [3.8, 4) is 21.8 Å². The largest absolute Gasteiger partial charge is 0.416 e. The van der Waals surface area contributed by atoms with Gasteiger partial charge >= 0.3 is 6.18 Å². The quantitative estimate of drug-likeness (QED) is 0.312. The zero-order chi connectivity index (χ0) is 20.4. The maximum Gasteiger partial charge on any atom is 0.416 e. The van der Waals surface area contributed by atoms with E-state index >= 15 is 0 Å². The van der Waals surface area contributed by atoms with E-state index in [9.17, 15) is 13.2 Å². The van der Waals surface area contributed by atoms with Gasteiger partial charge in [0.2, 0.25) is 0 Å². The van der Waals surface area contributed by atoms with E-state index in [2.05, 4.69) is 15.0 Å². The molecule has 0 fully saturated rings. The van der Waals surface area contributed by atoms with E-state index in [0.29, 0.717) is 26.4 Å². The molecule has 0 unspecified atom stereocenters. The van der Waals surface area contributed by atoms with Crippen molar-refractivity contribution in [2.75, 3.05) is 0 Å². The summed E-state index contributed by atoms with van der Waals surface area (Å²) >= 11 is 8.86. The van der Waals surface area contributed by atoms with E-state index in [1.807, 2.05) is 24.3 Å². The van der Waals surface area contributed by atoms with Gasteiger partial charge in [0.25, 0.3) is 0 Å². The van der Waals surface area contributed by atoms with Crippen LogP contribution in [0.2, 0.25) is 5.15 Å². The third kappa shape index (κ3) is 4.77. The van der Waals surface area contributed by atoms with Crippen LogP contribution < -0.4 is 0 Å². The number of alkyl halides is 3. The topological polar surface area (TPSA) is 38.7 Å². The second-order valence-electron chi connectivity index (χ2n) is 5.90. The molecule has 4 rings (SSSR count). The van der Waals surface area contributed by atoms with Gasteiger partial charge in [-0.25, -0.2) is 15.0 Å². The number of hydrogen-bond acceptors (Lipinski definition) is 5. The molecule has 0 aliphatic heterocycles. The molecule has 4 aromatic rings. The van der Waals surface area contributed by atoms with Crippen LogP contribution in [0.3, 0.4) is 0 Å². The first kappa shape index (κ1) is 19.9. The van der Waals surface area contributed by atoms with Gasteiger partial charge in [-0.1, -0.05) is 41.6 Å². The molecule has 146 valence electrons. The summed E-state index contributed by atoms with van der Waals surface area (Å²) in [5.74, 6) is 0. The van der Waals surface area contributed by atoms with E-state index in [-0.39, 0.29) is 0 Å². The summed E-state index contributed by atoms with van der Waals surface area (Å²) in [4.78, 5) is 13.1. The van der Waals surface area contributed by atoms with Crippen LogP contribution >= 0.6 is 34.7 Å². The summed E-state index contributed by atoms with van der Waals surface area (Å²) < 4.78 is 38.9. The molecule has 0 amide bonds. The first-order valence-corrected chi connectivity index (χ1v) is 10.4. The molecule has 0 bridgehead atoms. The van der Waals surface area contributed by atoms with Crippen LogP contribution in [0.4, 0.5) is 13.2 Å². The minimum atomic E-state index is -4.40. The van der Waals surface area contributed by atoms with E-state index in [1.54, 1.807) is 23.7 Å². The Balaban J connectivity index is 1.65. The molecule has 9 heteroatoms.